The molecule has 3 heterocycles. The van der Waals surface area contributed by atoms with Crippen molar-refractivity contribution >= 4 is 29.0 Å². The van der Waals surface area contributed by atoms with Crippen LogP contribution in [0.1, 0.15) is 39.4 Å². The van der Waals surface area contributed by atoms with E-state index in [1.807, 2.05) is 6.92 Å². The predicted octanol–water partition coefficient (Wildman–Crippen LogP) is 4.81. The van der Waals surface area contributed by atoms with Crippen LogP contribution in [0, 0.1) is 0 Å². The van der Waals surface area contributed by atoms with Gasteiger partial charge in [0, 0.05) is 28.5 Å². The van der Waals surface area contributed by atoms with Gasteiger partial charge in [-0.2, -0.15) is 0 Å². The molecular weight excluding hydrogens is 456 g/mol. The molecule has 34 heavy (non-hydrogen) atoms. The summed E-state index contributed by atoms with van der Waals surface area (Å²) in [6.07, 6.45) is 1.60. The van der Waals surface area contributed by atoms with Gasteiger partial charge < -0.3 is 14.1 Å². The molecule has 0 spiro atoms. The van der Waals surface area contributed by atoms with Crippen molar-refractivity contribution in [3.63, 3.8) is 0 Å². The summed E-state index contributed by atoms with van der Waals surface area (Å²) >= 11 is 5.99. The lowest BCUT2D eigenvalue weighted by molar-refractivity contribution is 0.0910. The van der Waals surface area contributed by atoms with Gasteiger partial charge in [-0.05, 0) is 67.1 Å². The number of benzene rings is 2. The third-order valence-electron chi connectivity index (χ3n) is 5.83. The maximum absolute atomic E-state index is 13.6. The van der Waals surface area contributed by atoms with E-state index < -0.39 is 12.0 Å². The second-order valence-corrected chi connectivity index (χ2v) is 8.25. The minimum atomic E-state index is -0.724. The average Bonchev–Trinajstić information content (AvgIpc) is 3.46. The number of hydrogen-bond donors (Lipinski definition) is 0. The SMILES string of the molecule is COc1ccc2c(c1)C(C(=O)c1nnc(-c3ccccn3)o1)C(C)N2C(=O)c1ccc(Cl)cc1. The van der Waals surface area contributed by atoms with Crippen LogP contribution < -0.4 is 9.64 Å². The molecule has 0 saturated heterocycles. The Labute approximate surface area is 200 Å². The molecule has 8 nitrogen and oxygen atoms in total. The quantitative estimate of drug-likeness (QED) is 0.383. The summed E-state index contributed by atoms with van der Waals surface area (Å²) in [6, 6.07) is 16.7. The first-order valence-corrected chi connectivity index (χ1v) is 10.9. The number of methoxy groups -OCH3 is 1. The topological polar surface area (TPSA) is 98.4 Å². The number of Topliss-reactive ketones (excluding diaryl/α,β-unsaturated/α-hetero) is 1. The van der Waals surface area contributed by atoms with Crippen LogP contribution in [0.2, 0.25) is 5.02 Å². The second-order valence-electron chi connectivity index (χ2n) is 7.82. The Kier molecular flexibility index (Phi) is 5.59. The second kappa shape index (κ2) is 8.72. The number of halogens is 1. The maximum atomic E-state index is 13.6. The van der Waals surface area contributed by atoms with Crippen molar-refractivity contribution in [2.24, 2.45) is 0 Å². The third kappa shape index (κ3) is 3.72. The molecular formula is C25H19ClN4O4. The van der Waals surface area contributed by atoms with Crippen molar-refractivity contribution in [2.75, 3.05) is 12.0 Å². The van der Waals surface area contributed by atoms with Crippen LogP contribution in [0.15, 0.2) is 71.3 Å². The van der Waals surface area contributed by atoms with Crippen LogP contribution in [0.3, 0.4) is 0 Å². The van der Waals surface area contributed by atoms with Gasteiger partial charge in [-0.1, -0.05) is 17.7 Å². The van der Waals surface area contributed by atoms with E-state index in [2.05, 4.69) is 15.2 Å². The number of carbonyl (C=O) groups is 2. The minimum absolute atomic E-state index is 0.146. The van der Waals surface area contributed by atoms with Gasteiger partial charge >= 0.3 is 0 Å². The van der Waals surface area contributed by atoms with Gasteiger partial charge in [0.25, 0.3) is 17.7 Å². The molecule has 0 aliphatic carbocycles. The molecule has 2 unspecified atom stereocenters. The summed E-state index contributed by atoms with van der Waals surface area (Å²) in [6.45, 7) is 1.82. The van der Waals surface area contributed by atoms with Crippen molar-refractivity contribution < 1.29 is 18.7 Å². The summed E-state index contributed by atoms with van der Waals surface area (Å²) in [5.74, 6) is -0.780. The zero-order chi connectivity index (χ0) is 23.8. The van der Waals surface area contributed by atoms with Crippen molar-refractivity contribution in [1.29, 1.82) is 0 Å². The first-order valence-electron chi connectivity index (χ1n) is 10.5. The Morgan fingerprint density at radius 3 is 2.56 bits per heavy atom. The van der Waals surface area contributed by atoms with Crippen LogP contribution in [-0.2, 0) is 0 Å². The minimum Gasteiger partial charge on any atom is -0.497 e. The normalized spacial score (nSPS) is 16.9. The van der Waals surface area contributed by atoms with Crippen molar-refractivity contribution in [3.8, 4) is 17.3 Å². The highest BCUT2D eigenvalue weighted by Gasteiger charge is 2.45. The van der Waals surface area contributed by atoms with Crippen molar-refractivity contribution in [2.45, 2.75) is 18.9 Å². The smallest absolute Gasteiger partial charge is 0.285 e. The number of hydrogen-bond acceptors (Lipinski definition) is 7. The first-order chi connectivity index (χ1) is 16.5. The molecule has 2 aromatic carbocycles. The zero-order valence-electron chi connectivity index (χ0n) is 18.3. The third-order valence-corrected chi connectivity index (χ3v) is 6.08. The number of anilines is 1. The molecule has 1 amide bonds. The lowest BCUT2D eigenvalue weighted by Crippen LogP contribution is -2.39. The number of ether oxygens (including phenoxy) is 1. The number of pyridine rings is 1. The number of ketones is 1. The largest absolute Gasteiger partial charge is 0.497 e. The molecule has 2 aromatic heterocycles. The number of nitrogens with zero attached hydrogens (tertiary/aromatic N) is 4. The van der Waals surface area contributed by atoms with Crippen LogP contribution in [0.5, 0.6) is 5.75 Å². The molecule has 1 aliphatic heterocycles. The van der Waals surface area contributed by atoms with Crippen LogP contribution in [-0.4, -0.2) is 40.0 Å². The Balaban J connectivity index is 1.54. The molecule has 170 valence electrons. The van der Waals surface area contributed by atoms with Crippen LogP contribution >= 0.6 is 11.6 Å². The Morgan fingerprint density at radius 1 is 1.06 bits per heavy atom. The Morgan fingerprint density at radius 2 is 1.85 bits per heavy atom. The van der Waals surface area contributed by atoms with Gasteiger partial charge in [0.1, 0.15) is 11.4 Å². The van der Waals surface area contributed by atoms with E-state index in [0.717, 1.165) is 0 Å². The highest BCUT2D eigenvalue weighted by Crippen LogP contribution is 2.45. The molecule has 1 aliphatic rings. The van der Waals surface area contributed by atoms with E-state index >= 15 is 0 Å². The summed E-state index contributed by atoms with van der Waals surface area (Å²) in [5, 5.41) is 8.49. The Bertz CT molecular complexity index is 1370. The van der Waals surface area contributed by atoms with E-state index in [9.17, 15) is 9.59 Å². The molecule has 4 aromatic rings. The molecule has 0 radical (unpaired) electrons. The molecule has 2 atom stereocenters. The predicted molar refractivity (Wildman–Crippen MR) is 125 cm³/mol. The monoisotopic (exact) mass is 474 g/mol. The fourth-order valence-electron chi connectivity index (χ4n) is 4.19. The van der Waals surface area contributed by atoms with E-state index in [1.54, 1.807) is 78.9 Å². The van der Waals surface area contributed by atoms with Gasteiger partial charge in [-0.25, -0.2) is 0 Å². The van der Waals surface area contributed by atoms with Crippen molar-refractivity contribution in [1.82, 2.24) is 15.2 Å². The highest BCUT2D eigenvalue weighted by atomic mass is 35.5. The van der Waals surface area contributed by atoms with Crippen LogP contribution in [0.25, 0.3) is 11.6 Å². The van der Waals surface area contributed by atoms with E-state index in [0.29, 0.717) is 33.3 Å². The molecule has 0 N–H and O–H groups in total. The van der Waals surface area contributed by atoms with Gasteiger partial charge in [0.15, 0.2) is 0 Å². The summed E-state index contributed by atoms with van der Waals surface area (Å²) in [5.41, 5.74) is 2.20. The van der Waals surface area contributed by atoms with Gasteiger partial charge in [0.2, 0.25) is 5.78 Å². The van der Waals surface area contributed by atoms with Crippen LogP contribution in [0.4, 0.5) is 5.69 Å². The number of aromatic nitrogens is 3. The molecule has 0 fully saturated rings. The summed E-state index contributed by atoms with van der Waals surface area (Å²) in [7, 11) is 1.55. The Hall–Kier alpha value is -4.04. The zero-order valence-corrected chi connectivity index (χ0v) is 19.1. The highest BCUT2D eigenvalue weighted by molar-refractivity contribution is 6.30. The number of rotatable bonds is 5. The number of fused-ring (bicyclic) bond motifs is 1. The van der Waals surface area contributed by atoms with E-state index in [-0.39, 0.29) is 23.5 Å². The van der Waals surface area contributed by atoms with Gasteiger partial charge in [-0.3, -0.25) is 14.6 Å². The fraction of sp³-hybridized carbons (Fsp3) is 0.160. The van der Waals surface area contributed by atoms with Gasteiger partial charge in [0.05, 0.1) is 13.0 Å². The van der Waals surface area contributed by atoms with Gasteiger partial charge in [-0.15, -0.1) is 10.2 Å². The molecule has 9 heteroatoms. The molecule has 5 rings (SSSR count). The maximum Gasteiger partial charge on any atom is 0.285 e. The molecule has 0 saturated carbocycles. The van der Waals surface area contributed by atoms with E-state index in [1.165, 1.54) is 0 Å². The summed E-state index contributed by atoms with van der Waals surface area (Å²) in [4.78, 5) is 32.9. The lowest BCUT2D eigenvalue weighted by atomic mass is 9.91. The summed E-state index contributed by atoms with van der Waals surface area (Å²) < 4.78 is 11.0. The number of amides is 1. The molecule has 0 bridgehead atoms. The van der Waals surface area contributed by atoms with Crippen molar-refractivity contribution in [3.05, 3.63) is 88.9 Å². The average molecular weight is 475 g/mol. The van der Waals surface area contributed by atoms with E-state index in [4.69, 9.17) is 20.8 Å². The number of carbonyl (C=O) groups excluding carboxylic acids is 2. The lowest BCUT2D eigenvalue weighted by Gasteiger charge is -2.24. The standard InChI is InChI=1S/C25H19ClN4O4/c1-14-21(22(31)24-29-28-23(34-24)19-5-3-4-12-27-19)18-13-17(33-2)10-11-20(18)30(14)25(32)15-6-8-16(26)9-7-15/h3-14,21H,1-2H3. The first kappa shape index (κ1) is 21.8. The fourth-order valence-corrected chi connectivity index (χ4v) is 4.32.